The van der Waals surface area contributed by atoms with Crippen molar-refractivity contribution in [3.8, 4) is 28.3 Å². The van der Waals surface area contributed by atoms with Gasteiger partial charge in [0.1, 0.15) is 5.69 Å². The summed E-state index contributed by atoms with van der Waals surface area (Å²) in [7, 11) is 3.26. The number of nitrogens with one attached hydrogen (secondary N) is 1. The normalized spacial score (nSPS) is 21.8. The van der Waals surface area contributed by atoms with Gasteiger partial charge in [0.05, 0.1) is 26.7 Å². The van der Waals surface area contributed by atoms with Crippen molar-refractivity contribution in [2.75, 3.05) is 14.2 Å². The highest BCUT2D eigenvalue weighted by atomic mass is 16.5. The van der Waals surface area contributed by atoms with Crippen molar-refractivity contribution in [1.82, 2.24) is 14.9 Å². The molecule has 2 aliphatic rings. The van der Waals surface area contributed by atoms with E-state index in [0.717, 1.165) is 29.2 Å². The van der Waals surface area contributed by atoms with E-state index in [0.29, 0.717) is 29.2 Å². The predicted octanol–water partition coefficient (Wildman–Crippen LogP) is 4.47. The molecule has 2 saturated carbocycles. The molecule has 6 nitrogen and oxygen atoms in total. The van der Waals surface area contributed by atoms with Gasteiger partial charge in [-0.3, -0.25) is 9.36 Å². The van der Waals surface area contributed by atoms with E-state index in [4.69, 9.17) is 9.47 Å². The second kappa shape index (κ2) is 8.10. The topological polar surface area (TPSA) is 65.4 Å². The monoisotopic (exact) mass is 417 g/mol. The van der Waals surface area contributed by atoms with Crippen LogP contribution < -0.4 is 14.8 Å². The maximum absolute atomic E-state index is 13.0. The van der Waals surface area contributed by atoms with Crippen LogP contribution in [0.3, 0.4) is 0 Å². The molecule has 6 heteroatoms. The Bertz CT molecular complexity index is 1110. The molecule has 3 atom stereocenters. The minimum Gasteiger partial charge on any atom is -0.493 e. The molecule has 5 rings (SSSR count). The fraction of sp³-hybridized carbons (Fsp3) is 0.360. The number of fused-ring (bicyclic) bond motifs is 2. The lowest BCUT2D eigenvalue weighted by Gasteiger charge is -2.23. The number of imidazole rings is 1. The smallest absolute Gasteiger partial charge is 0.270 e. The summed E-state index contributed by atoms with van der Waals surface area (Å²) in [5.74, 6) is 2.75. The summed E-state index contributed by atoms with van der Waals surface area (Å²) >= 11 is 0. The average Bonchev–Trinajstić information content (AvgIpc) is 3.56. The third kappa shape index (κ3) is 3.67. The van der Waals surface area contributed by atoms with Crippen LogP contribution in [0.4, 0.5) is 0 Å². The second-order valence-corrected chi connectivity index (χ2v) is 8.52. The molecular formula is C25H27N3O3. The average molecular weight is 418 g/mol. The second-order valence-electron chi connectivity index (χ2n) is 8.52. The number of carbonyl (C=O) groups excluding carboxylic acids is 1. The molecule has 1 aromatic heterocycles. The molecule has 160 valence electrons. The van der Waals surface area contributed by atoms with Gasteiger partial charge in [-0.05, 0) is 66.5 Å². The van der Waals surface area contributed by atoms with Gasteiger partial charge in [0.25, 0.3) is 5.91 Å². The first-order valence-electron chi connectivity index (χ1n) is 10.8. The molecular weight excluding hydrogens is 390 g/mol. The zero-order valence-electron chi connectivity index (χ0n) is 17.9. The Morgan fingerprint density at radius 2 is 1.87 bits per heavy atom. The SMILES string of the molecule is COc1ccc(-c2cccc(-n3cncc3C(=O)N[C@H]3C[C@H]4CC[C@H]3C4)c2)cc1OC. The van der Waals surface area contributed by atoms with Crippen molar-refractivity contribution in [1.29, 1.82) is 0 Å². The summed E-state index contributed by atoms with van der Waals surface area (Å²) in [6, 6.07) is 14.2. The van der Waals surface area contributed by atoms with Crippen LogP contribution >= 0.6 is 0 Å². The zero-order chi connectivity index (χ0) is 21.4. The minimum absolute atomic E-state index is 0.0495. The van der Waals surface area contributed by atoms with Crippen molar-refractivity contribution in [2.24, 2.45) is 11.8 Å². The first kappa shape index (κ1) is 19.7. The quantitative estimate of drug-likeness (QED) is 0.642. The van der Waals surface area contributed by atoms with Crippen molar-refractivity contribution < 1.29 is 14.3 Å². The van der Waals surface area contributed by atoms with Gasteiger partial charge in [0.15, 0.2) is 11.5 Å². The fourth-order valence-corrected chi connectivity index (χ4v) is 5.18. The van der Waals surface area contributed by atoms with E-state index in [1.165, 1.54) is 19.3 Å². The Kier molecular flexibility index (Phi) is 5.14. The first-order valence-corrected chi connectivity index (χ1v) is 10.8. The molecule has 0 spiro atoms. The van der Waals surface area contributed by atoms with E-state index >= 15 is 0 Å². The molecule has 1 heterocycles. The number of rotatable bonds is 6. The van der Waals surface area contributed by atoms with E-state index in [2.05, 4.69) is 16.4 Å². The predicted molar refractivity (Wildman–Crippen MR) is 119 cm³/mol. The van der Waals surface area contributed by atoms with Crippen LogP contribution in [0.2, 0.25) is 0 Å². The third-order valence-corrected chi connectivity index (χ3v) is 6.77. The van der Waals surface area contributed by atoms with Crippen LogP contribution in [-0.4, -0.2) is 35.7 Å². The standard InChI is InChI=1S/C25H27N3O3/c1-30-23-9-8-18(13-24(23)31-2)17-4-3-5-20(12-17)28-15-26-14-22(28)25(29)27-21-11-16-6-7-19(21)10-16/h3-5,8-9,12-16,19,21H,6-7,10-11H2,1-2H3,(H,27,29)/t16-,19-,21-/m0/s1. The van der Waals surface area contributed by atoms with Gasteiger partial charge in [-0.15, -0.1) is 0 Å². The Labute approximate surface area is 182 Å². The van der Waals surface area contributed by atoms with E-state index in [1.807, 2.05) is 41.0 Å². The summed E-state index contributed by atoms with van der Waals surface area (Å²) < 4.78 is 12.6. The van der Waals surface area contributed by atoms with Crippen LogP contribution in [-0.2, 0) is 0 Å². The van der Waals surface area contributed by atoms with Crippen molar-refractivity contribution in [3.63, 3.8) is 0 Å². The fourth-order valence-electron chi connectivity index (χ4n) is 5.18. The zero-order valence-corrected chi connectivity index (χ0v) is 17.9. The van der Waals surface area contributed by atoms with E-state index in [-0.39, 0.29) is 5.91 Å². The van der Waals surface area contributed by atoms with Crippen LogP contribution in [0.15, 0.2) is 55.0 Å². The summed E-state index contributed by atoms with van der Waals surface area (Å²) in [6.45, 7) is 0. The van der Waals surface area contributed by atoms with Crippen LogP contribution in [0, 0.1) is 11.8 Å². The Balaban J connectivity index is 1.41. The molecule has 0 unspecified atom stereocenters. The number of benzene rings is 2. The number of aromatic nitrogens is 2. The molecule has 0 saturated heterocycles. The van der Waals surface area contributed by atoms with Crippen LogP contribution in [0.5, 0.6) is 11.5 Å². The number of methoxy groups -OCH3 is 2. The maximum Gasteiger partial charge on any atom is 0.270 e. The third-order valence-electron chi connectivity index (χ3n) is 6.77. The molecule has 2 bridgehead atoms. The van der Waals surface area contributed by atoms with Gasteiger partial charge in [-0.25, -0.2) is 4.98 Å². The highest BCUT2D eigenvalue weighted by molar-refractivity contribution is 5.93. The lowest BCUT2D eigenvalue weighted by Crippen LogP contribution is -2.39. The molecule has 1 N–H and O–H groups in total. The van der Waals surface area contributed by atoms with E-state index in [1.54, 1.807) is 26.7 Å². The molecule has 31 heavy (non-hydrogen) atoms. The first-order chi connectivity index (χ1) is 15.2. The Morgan fingerprint density at radius 1 is 1.03 bits per heavy atom. The minimum atomic E-state index is -0.0495. The Morgan fingerprint density at radius 3 is 2.61 bits per heavy atom. The molecule has 0 aliphatic heterocycles. The van der Waals surface area contributed by atoms with Gasteiger partial charge < -0.3 is 14.8 Å². The largest absolute Gasteiger partial charge is 0.493 e. The summed E-state index contributed by atoms with van der Waals surface area (Å²) in [5.41, 5.74) is 3.48. The summed E-state index contributed by atoms with van der Waals surface area (Å²) in [6.07, 6.45) is 8.27. The number of amides is 1. The Hall–Kier alpha value is -3.28. The molecule has 2 fully saturated rings. The van der Waals surface area contributed by atoms with Crippen molar-refractivity contribution in [2.45, 2.75) is 31.7 Å². The number of nitrogens with zero attached hydrogens (tertiary/aromatic N) is 2. The van der Waals surface area contributed by atoms with Crippen molar-refractivity contribution >= 4 is 5.91 Å². The van der Waals surface area contributed by atoms with Crippen LogP contribution in [0.25, 0.3) is 16.8 Å². The molecule has 0 radical (unpaired) electrons. The maximum atomic E-state index is 13.0. The summed E-state index contributed by atoms with van der Waals surface area (Å²) in [5, 5.41) is 3.27. The van der Waals surface area contributed by atoms with Gasteiger partial charge >= 0.3 is 0 Å². The molecule has 2 aliphatic carbocycles. The van der Waals surface area contributed by atoms with Gasteiger partial charge in [-0.1, -0.05) is 24.6 Å². The molecule has 2 aromatic carbocycles. The lowest BCUT2D eigenvalue weighted by molar-refractivity contribution is 0.0916. The van der Waals surface area contributed by atoms with Gasteiger partial charge in [-0.2, -0.15) is 0 Å². The number of hydrogen-bond donors (Lipinski definition) is 1. The van der Waals surface area contributed by atoms with Gasteiger partial charge in [0, 0.05) is 11.7 Å². The highest BCUT2D eigenvalue weighted by Gasteiger charge is 2.40. The van der Waals surface area contributed by atoms with Crippen LogP contribution in [0.1, 0.15) is 36.2 Å². The number of ether oxygens (including phenoxy) is 2. The number of hydrogen-bond acceptors (Lipinski definition) is 4. The number of carbonyl (C=O) groups is 1. The van der Waals surface area contributed by atoms with Crippen molar-refractivity contribution in [3.05, 3.63) is 60.7 Å². The summed E-state index contributed by atoms with van der Waals surface area (Å²) in [4.78, 5) is 17.3. The lowest BCUT2D eigenvalue weighted by atomic mass is 9.95. The van der Waals surface area contributed by atoms with Gasteiger partial charge in [0.2, 0.25) is 0 Å². The van der Waals surface area contributed by atoms with E-state index < -0.39 is 0 Å². The van der Waals surface area contributed by atoms with E-state index in [9.17, 15) is 4.79 Å². The molecule has 1 amide bonds. The molecule has 3 aromatic rings. The highest BCUT2D eigenvalue weighted by Crippen LogP contribution is 2.44.